The Balaban J connectivity index is 1.30. The van der Waals surface area contributed by atoms with Crippen molar-refractivity contribution in [3.05, 3.63) is 47.9 Å². The first-order valence-electron chi connectivity index (χ1n) is 9.12. The van der Waals surface area contributed by atoms with Crippen molar-refractivity contribution in [2.45, 2.75) is 6.43 Å². The van der Waals surface area contributed by atoms with E-state index in [4.69, 9.17) is 0 Å². The van der Waals surface area contributed by atoms with Gasteiger partial charge in [-0.1, -0.05) is 11.3 Å². The number of thiazole rings is 1. The minimum Gasteiger partial charge on any atom is -0.344 e. The molecule has 1 amide bonds. The Morgan fingerprint density at radius 2 is 1.93 bits per heavy atom. The number of pyridine rings is 1. The summed E-state index contributed by atoms with van der Waals surface area (Å²) in [5.41, 5.74) is 2.19. The zero-order valence-corrected chi connectivity index (χ0v) is 16.0. The molecule has 0 radical (unpaired) electrons. The summed E-state index contributed by atoms with van der Waals surface area (Å²) in [7, 11) is 0. The molecular weight excluding hydrogens is 398 g/mol. The van der Waals surface area contributed by atoms with Gasteiger partial charge in [-0.15, -0.1) is 0 Å². The summed E-state index contributed by atoms with van der Waals surface area (Å²) in [4.78, 5) is 33.1. The van der Waals surface area contributed by atoms with Crippen molar-refractivity contribution >= 4 is 43.8 Å². The van der Waals surface area contributed by atoms with Crippen LogP contribution in [0.1, 0.15) is 22.6 Å². The number of aromatic nitrogens is 4. The van der Waals surface area contributed by atoms with Crippen LogP contribution < -0.4 is 4.90 Å². The molecule has 1 aromatic carbocycles. The number of rotatable bonds is 3. The molecule has 0 aliphatic carbocycles. The van der Waals surface area contributed by atoms with Crippen molar-refractivity contribution < 1.29 is 13.6 Å². The second-order valence-corrected chi connectivity index (χ2v) is 7.71. The largest absolute Gasteiger partial charge is 0.344 e. The van der Waals surface area contributed by atoms with Gasteiger partial charge in [0.15, 0.2) is 11.0 Å². The van der Waals surface area contributed by atoms with E-state index in [2.05, 4.69) is 24.8 Å². The maximum atomic E-state index is 12.9. The molecule has 0 atom stereocenters. The number of nitrogens with one attached hydrogen (secondary N) is 1. The number of halogens is 2. The van der Waals surface area contributed by atoms with Crippen molar-refractivity contribution in [1.29, 1.82) is 0 Å². The van der Waals surface area contributed by atoms with Crippen LogP contribution in [-0.4, -0.2) is 56.9 Å². The predicted octanol–water partition coefficient (Wildman–Crippen LogP) is 3.47. The van der Waals surface area contributed by atoms with Gasteiger partial charge < -0.3 is 14.8 Å². The standard InChI is InChI=1S/C19H16F2N6OS/c20-15(21)16-23-12-4-3-11(10-14(12)24-16)18(28)26-6-8-27(9-7-26)19-25-13-2-1-5-22-17(13)29-19/h1-5,10,15H,6-9H2,(H,23,24). The van der Waals surface area contributed by atoms with Crippen LogP contribution in [0.15, 0.2) is 36.5 Å². The number of piperazine rings is 1. The normalized spacial score (nSPS) is 15.0. The van der Waals surface area contributed by atoms with E-state index in [1.165, 1.54) is 0 Å². The lowest BCUT2D eigenvalue weighted by atomic mass is 10.1. The van der Waals surface area contributed by atoms with Crippen molar-refractivity contribution in [1.82, 2.24) is 24.8 Å². The minimum atomic E-state index is -2.67. The lowest BCUT2D eigenvalue weighted by Gasteiger charge is -2.34. The van der Waals surface area contributed by atoms with Crippen LogP contribution in [0.25, 0.3) is 21.4 Å². The first kappa shape index (κ1) is 17.9. The van der Waals surface area contributed by atoms with Crippen molar-refractivity contribution in [3.63, 3.8) is 0 Å². The van der Waals surface area contributed by atoms with Crippen LogP contribution in [0.4, 0.5) is 13.9 Å². The number of carbonyl (C=O) groups is 1. The van der Waals surface area contributed by atoms with E-state index in [-0.39, 0.29) is 11.7 Å². The van der Waals surface area contributed by atoms with Gasteiger partial charge in [0.2, 0.25) is 0 Å². The number of H-pyrrole nitrogens is 1. The molecule has 1 fully saturated rings. The van der Waals surface area contributed by atoms with E-state index in [0.717, 1.165) is 15.5 Å². The Morgan fingerprint density at radius 1 is 1.10 bits per heavy atom. The molecule has 1 aliphatic heterocycles. The summed E-state index contributed by atoms with van der Waals surface area (Å²) < 4.78 is 25.6. The lowest BCUT2D eigenvalue weighted by molar-refractivity contribution is 0.0747. The number of anilines is 1. The zero-order valence-electron chi connectivity index (χ0n) is 15.2. The molecule has 29 heavy (non-hydrogen) atoms. The highest BCUT2D eigenvalue weighted by atomic mass is 32.1. The van der Waals surface area contributed by atoms with Gasteiger partial charge in [-0.3, -0.25) is 4.79 Å². The van der Waals surface area contributed by atoms with E-state index in [1.807, 2.05) is 12.1 Å². The van der Waals surface area contributed by atoms with Gasteiger partial charge in [-0.2, -0.15) is 0 Å². The number of hydrogen-bond donors (Lipinski definition) is 1. The van der Waals surface area contributed by atoms with Crippen LogP contribution in [0.2, 0.25) is 0 Å². The molecule has 7 nitrogen and oxygen atoms in total. The SMILES string of the molecule is O=C(c1ccc2nc(C(F)F)[nH]c2c1)N1CCN(c2nc3cccnc3s2)CC1. The molecule has 10 heteroatoms. The number of carbonyl (C=O) groups excluding carboxylic acids is 1. The third-order valence-electron chi connectivity index (χ3n) is 4.95. The highest BCUT2D eigenvalue weighted by molar-refractivity contribution is 7.21. The Morgan fingerprint density at radius 3 is 2.69 bits per heavy atom. The van der Waals surface area contributed by atoms with Gasteiger partial charge in [-0.05, 0) is 30.3 Å². The first-order chi connectivity index (χ1) is 14.1. The number of fused-ring (bicyclic) bond motifs is 2. The third kappa shape index (κ3) is 3.29. The predicted molar refractivity (Wildman–Crippen MR) is 107 cm³/mol. The summed E-state index contributed by atoms with van der Waals surface area (Å²) >= 11 is 1.54. The number of imidazole rings is 1. The minimum absolute atomic E-state index is 0.120. The third-order valence-corrected chi connectivity index (χ3v) is 5.99. The number of nitrogens with zero attached hydrogens (tertiary/aromatic N) is 5. The van der Waals surface area contributed by atoms with Crippen LogP contribution in [0, 0.1) is 0 Å². The van der Waals surface area contributed by atoms with Gasteiger partial charge in [0, 0.05) is 37.9 Å². The Hall–Kier alpha value is -3.14. The maximum Gasteiger partial charge on any atom is 0.295 e. The number of aromatic amines is 1. The van der Waals surface area contributed by atoms with Gasteiger partial charge in [-0.25, -0.2) is 23.7 Å². The lowest BCUT2D eigenvalue weighted by Crippen LogP contribution is -2.48. The monoisotopic (exact) mass is 414 g/mol. The van der Waals surface area contributed by atoms with Crippen LogP contribution in [-0.2, 0) is 0 Å². The fourth-order valence-electron chi connectivity index (χ4n) is 3.44. The summed E-state index contributed by atoms with van der Waals surface area (Å²) in [6, 6.07) is 8.61. The first-order valence-corrected chi connectivity index (χ1v) is 9.94. The van der Waals surface area contributed by atoms with Gasteiger partial charge in [0.1, 0.15) is 10.3 Å². The quantitative estimate of drug-likeness (QED) is 0.556. The fraction of sp³-hybridized carbons (Fsp3) is 0.263. The molecular formula is C19H16F2N6OS. The summed E-state index contributed by atoms with van der Waals surface area (Å²) in [5.74, 6) is -0.505. The molecule has 5 rings (SSSR count). The summed E-state index contributed by atoms with van der Waals surface area (Å²) in [6.07, 6.45) is -0.922. The molecule has 3 aromatic heterocycles. The second-order valence-electron chi connectivity index (χ2n) is 6.76. The van der Waals surface area contributed by atoms with E-state index in [0.29, 0.717) is 42.8 Å². The zero-order chi connectivity index (χ0) is 20.0. The molecule has 0 spiro atoms. The number of alkyl halides is 2. The topological polar surface area (TPSA) is 78.0 Å². The molecule has 0 saturated carbocycles. The molecule has 1 aliphatic rings. The van der Waals surface area contributed by atoms with E-state index < -0.39 is 6.43 Å². The maximum absolute atomic E-state index is 12.9. The molecule has 0 bridgehead atoms. The van der Waals surface area contributed by atoms with E-state index in [9.17, 15) is 13.6 Å². The van der Waals surface area contributed by atoms with Gasteiger partial charge in [0.05, 0.1) is 11.0 Å². The fourth-order valence-corrected chi connectivity index (χ4v) is 4.40. The molecule has 4 heterocycles. The smallest absolute Gasteiger partial charge is 0.295 e. The van der Waals surface area contributed by atoms with Crippen LogP contribution >= 0.6 is 11.3 Å². The molecule has 1 saturated heterocycles. The average Bonchev–Trinajstić information content (AvgIpc) is 3.37. The van der Waals surface area contributed by atoms with Crippen molar-refractivity contribution in [2.24, 2.45) is 0 Å². The van der Waals surface area contributed by atoms with Crippen LogP contribution in [0.3, 0.4) is 0 Å². The van der Waals surface area contributed by atoms with E-state index >= 15 is 0 Å². The molecule has 0 unspecified atom stereocenters. The van der Waals surface area contributed by atoms with Crippen molar-refractivity contribution in [2.75, 3.05) is 31.1 Å². The highest BCUT2D eigenvalue weighted by Gasteiger charge is 2.24. The van der Waals surface area contributed by atoms with Gasteiger partial charge in [0.25, 0.3) is 12.3 Å². The Labute approximate surface area is 168 Å². The van der Waals surface area contributed by atoms with E-state index in [1.54, 1.807) is 40.6 Å². The van der Waals surface area contributed by atoms with Crippen molar-refractivity contribution in [3.8, 4) is 0 Å². The summed E-state index contributed by atoms with van der Waals surface area (Å²) in [6.45, 7) is 2.47. The number of benzene rings is 1. The Kier molecular flexibility index (Phi) is 4.35. The molecule has 148 valence electrons. The van der Waals surface area contributed by atoms with Crippen LogP contribution in [0.5, 0.6) is 0 Å². The Bertz CT molecular complexity index is 1160. The number of hydrogen-bond acceptors (Lipinski definition) is 6. The number of amides is 1. The van der Waals surface area contributed by atoms with Gasteiger partial charge >= 0.3 is 0 Å². The average molecular weight is 414 g/mol. The molecule has 1 N–H and O–H groups in total. The second kappa shape index (κ2) is 7.03. The molecule has 4 aromatic rings. The summed E-state index contributed by atoms with van der Waals surface area (Å²) in [5, 5.41) is 0.907. The highest BCUT2D eigenvalue weighted by Crippen LogP contribution is 2.28.